The molecule has 30 heavy (non-hydrogen) atoms. The molecule has 0 aliphatic rings. The van der Waals surface area contributed by atoms with Gasteiger partial charge in [0.15, 0.2) is 6.61 Å². The van der Waals surface area contributed by atoms with Crippen LogP contribution < -0.4 is 14.2 Å². The van der Waals surface area contributed by atoms with Gasteiger partial charge in [0.05, 0.1) is 0 Å². The molecule has 1 aromatic heterocycles. The second-order valence-electron chi connectivity index (χ2n) is 6.28. The summed E-state index contributed by atoms with van der Waals surface area (Å²) in [5.41, 5.74) is 1.82. The summed E-state index contributed by atoms with van der Waals surface area (Å²) < 4.78 is 21.6. The molecule has 0 aliphatic carbocycles. The Balaban J connectivity index is 1.23. The zero-order valence-corrected chi connectivity index (χ0v) is 15.9. The number of esters is 1. The average molecular weight is 402 g/mol. The maximum absolute atomic E-state index is 12.0. The van der Waals surface area contributed by atoms with Crippen molar-refractivity contribution in [3.63, 3.8) is 0 Å². The molecule has 4 rings (SSSR count). The molecular formula is C23H18N2O5. The minimum atomic E-state index is -0.509. The van der Waals surface area contributed by atoms with Gasteiger partial charge in [0, 0.05) is 5.56 Å². The molecule has 0 unspecified atom stereocenters. The van der Waals surface area contributed by atoms with Crippen LogP contribution in [0.25, 0.3) is 11.5 Å². The first-order chi connectivity index (χ1) is 14.8. The van der Waals surface area contributed by atoms with Crippen molar-refractivity contribution in [2.75, 3.05) is 6.61 Å². The van der Waals surface area contributed by atoms with Crippen LogP contribution >= 0.6 is 0 Å². The predicted octanol–water partition coefficient (Wildman–Crippen LogP) is 4.30. The molecule has 4 aromatic rings. The van der Waals surface area contributed by atoms with Crippen molar-refractivity contribution >= 4 is 5.97 Å². The molecule has 7 heteroatoms. The van der Waals surface area contributed by atoms with Crippen molar-refractivity contribution in [2.45, 2.75) is 6.61 Å². The Bertz CT molecular complexity index is 1060. The van der Waals surface area contributed by atoms with Crippen LogP contribution in [-0.4, -0.2) is 22.8 Å². The highest BCUT2D eigenvalue weighted by molar-refractivity contribution is 5.74. The van der Waals surface area contributed by atoms with Crippen molar-refractivity contribution in [1.82, 2.24) is 10.2 Å². The number of carbonyl (C=O) groups excluding carboxylic acids is 1. The Morgan fingerprint density at radius 3 is 2.13 bits per heavy atom. The van der Waals surface area contributed by atoms with E-state index in [-0.39, 0.29) is 6.61 Å². The fourth-order valence-electron chi connectivity index (χ4n) is 2.64. The number of ether oxygens (including phenoxy) is 3. The molecule has 0 aliphatic heterocycles. The average Bonchev–Trinajstić information content (AvgIpc) is 3.33. The SMILES string of the molecule is O=C(COc1ccc(OCc2ccccc2)cc1)Oc1ccc(-c2nnco2)cc1. The van der Waals surface area contributed by atoms with Gasteiger partial charge in [-0.25, -0.2) is 4.79 Å². The lowest BCUT2D eigenvalue weighted by molar-refractivity contribution is -0.136. The zero-order valence-electron chi connectivity index (χ0n) is 15.9. The highest BCUT2D eigenvalue weighted by Gasteiger charge is 2.08. The molecule has 150 valence electrons. The molecule has 1 heterocycles. The highest BCUT2D eigenvalue weighted by Crippen LogP contribution is 2.21. The molecular weight excluding hydrogens is 384 g/mol. The first-order valence-corrected chi connectivity index (χ1v) is 9.23. The van der Waals surface area contributed by atoms with E-state index in [1.165, 1.54) is 6.39 Å². The number of aromatic nitrogens is 2. The van der Waals surface area contributed by atoms with Crippen molar-refractivity contribution < 1.29 is 23.4 Å². The third kappa shape index (κ3) is 5.23. The fraction of sp³-hybridized carbons (Fsp3) is 0.0870. The quantitative estimate of drug-likeness (QED) is 0.321. The number of benzene rings is 3. The summed E-state index contributed by atoms with van der Waals surface area (Å²) in [5, 5.41) is 7.45. The van der Waals surface area contributed by atoms with E-state index in [4.69, 9.17) is 18.6 Å². The van der Waals surface area contributed by atoms with Gasteiger partial charge in [-0.05, 0) is 54.1 Å². The number of nitrogens with zero attached hydrogens (tertiary/aromatic N) is 2. The summed E-state index contributed by atoms with van der Waals surface area (Å²) >= 11 is 0. The Hall–Kier alpha value is -4.13. The molecule has 3 aromatic carbocycles. The fourth-order valence-corrected chi connectivity index (χ4v) is 2.64. The number of rotatable bonds is 8. The molecule has 0 atom stereocenters. The number of hydrogen-bond acceptors (Lipinski definition) is 7. The van der Waals surface area contributed by atoms with Gasteiger partial charge in [0.25, 0.3) is 0 Å². The Morgan fingerprint density at radius 2 is 1.47 bits per heavy atom. The van der Waals surface area contributed by atoms with Crippen LogP contribution in [0.4, 0.5) is 0 Å². The molecule has 0 N–H and O–H groups in total. The third-order valence-corrected chi connectivity index (χ3v) is 4.12. The van der Waals surface area contributed by atoms with Crippen molar-refractivity contribution in [3.8, 4) is 28.7 Å². The molecule has 7 nitrogen and oxygen atoms in total. The van der Waals surface area contributed by atoms with E-state index in [2.05, 4.69) is 10.2 Å². The lowest BCUT2D eigenvalue weighted by atomic mass is 10.2. The summed E-state index contributed by atoms with van der Waals surface area (Å²) in [4.78, 5) is 12.0. The second-order valence-corrected chi connectivity index (χ2v) is 6.28. The number of hydrogen-bond donors (Lipinski definition) is 0. The highest BCUT2D eigenvalue weighted by atomic mass is 16.6. The van der Waals surface area contributed by atoms with Crippen LogP contribution in [0.3, 0.4) is 0 Å². The first-order valence-electron chi connectivity index (χ1n) is 9.23. The summed E-state index contributed by atoms with van der Waals surface area (Å²) in [6.07, 6.45) is 1.25. The summed E-state index contributed by atoms with van der Waals surface area (Å²) in [6, 6.07) is 23.7. The van der Waals surface area contributed by atoms with Gasteiger partial charge in [-0.1, -0.05) is 30.3 Å². The summed E-state index contributed by atoms with van der Waals surface area (Å²) in [7, 11) is 0. The van der Waals surface area contributed by atoms with Crippen LogP contribution in [0.15, 0.2) is 89.7 Å². The van der Waals surface area contributed by atoms with E-state index in [0.717, 1.165) is 16.9 Å². The van der Waals surface area contributed by atoms with E-state index < -0.39 is 5.97 Å². The standard InChI is InChI=1S/C23H18N2O5/c26-22(30-21-8-6-18(7-9-21)23-25-24-16-29-23)15-28-20-12-10-19(11-13-20)27-14-17-4-2-1-3-5-17/h1-13,16H,14-15H2. The summed E-state index contributed by atoms with van der Waals surface area (Å²) in [5.74, 6) is 1.55. The zero-order chi connectivity index (χ0) is 20.6. The minimum absolute atomic E-state index is 0.213. The molecule has 0 bridgehead atoms. The van der Waals surface area contributed by atoms with Crippen LogP contribution in [0, 0.1) is 0 Å². The number of carbonyl (C=O) groups is 1. The van der Waals surface area contributed by atoms with Gasteiger partial charge in [-0.15, -0.1) is 10.2 Å². The molecule has 0 amide bonds. The van der Waals surface area contributed by atoms with Crippen LogP contribution in [0.2, 0.25) is 0 Å². The second kappa shape index (κ2) is 9.38. The predicted molar refractivity (Wildman–Crippen MR) is 108 cm³/mol. The van der Waals surface area contributed by atoms with E-state index in [9.17, 15) is 4.79 Å². The van der Waals surface area contributed by atoms with E-state index in [1.807, 2.05) is 30.3 Å². The van der Waals surface area contributed by atoms with E-state index in [1.54, 1.807) is 48.5 Å². The van der Waals surface area contributed by atoms with Crippen LogP contribution in [0.1, 0.15) is 5.56 Å². The maximum atomic E-state index is 12.0. The molecule has 0 spiro atoms. The van der Waals surface area contributed by atoms with Gasteiger partial charge < -0.3 is 18.6 Å². The molecule has 0 saturated carbocycles. The van der Waals surface area contributed by atoms with Crippen molar-refractivity contribution in [1.29, 1.82) is 0 Å². The van der Waals surface area contributed by atoms with Gasteiger partial charge in [0.1, 0.15) is 23.9 Å². The third-order valence-electron chi connectivity index (χ3n) is 4.12. The minimum Gasteiger partial charge on any atom is -0.489 e. The topological polar surface area (TPSA) is 83.7 Å². The van der Waals surface area contributed by atoms with E-state index in [0.29, 0.717) is 24.0 Å². The largest absolute Gasteiger partial charge is 0.489 e. The smallest absolute Gasteiger partial charge is 0.349 e. The molecule has 0 fully saturated rings. The normalized spacial score (nSPS) is 10.4. The maximum Gasteiger partial charge on any atom is 0.349 e. The molecule has 0 radical (unpaired) electrons. The van der Waals surface area contributed by atoms with Gasteiger partial charge in [-0.3, -0.25) is 0 Å². The van der Waals surface area contributed by atoms with Crippen molar-refractivity contribution in [3.05, 3.63) is 90.8 Å². The van der Waals surface area contributed by atoms with Gasteiger partial charge >= 0.3 is 5.97 Å². The van der Waals surface area contributed by atoms with Crippen LogP contribution in [0.5, 0.6) is 17.2 Å². The van der Waals surface area contributed by atoms with Gasteiger partial charge in [-0.2, -0.15) is 0 Å². The Kier molecular flexibility index (Phi) is 6.00. The lowest BCUT2D eigenvalue weighted by Gasteiger charge is -2.09. The molecule has 0 saturated heterocycles. The Morgan fingerprint density at radius 1 is 0.800 bits per heavy atom. The first kappa shape index (κ1) is 19.2. The van der Waals surface area contributed by atoms with Gasteiger partial charge in [0.2, 0.25) is 12.3 Å². The van der Waals surface area contributed by atoms with E-state index >= 15 is 0 Å². The van der Waals surface area contributed by atoms with Crippen LogP contribution in [-0.2, 0) is 11.4 Å². The lowest BCUT2D eigenvalue weighted by Crippen LogP contribution is -2.17. The Labute approximate surface area is 172 Å². The monoisotopic (exact) mass is 402 g/mol. The summed E-state index contributed by atoms with van der Waals surface area (Å²) in [6.45, 7) is 0.272. The van der Waals surface area contributed by atoms with Crippen molar-refractivity contribution in [2.24, 2.45) is 0 Å².